The molecule has 0 N–H and O–H groups in total. The highest BCUT2D eigenvalue weighted by Gasteiger charge is 2.44. The maximum absolute atomic E-state index is 12.6. The van der Waals surface area contributed by atoms with Gasteiger partial charge < -0.3 is 18.9 Å². The number of benzene rings is 2. The Morgan fingerprint density at radius 3 is 1.86 bits per heavy atom. The summed E-state index contributed by atoms with van der Waals surface area (Å²) in [5.41, 5.74) is 0.685. The van der Waals surface area contributed by atoms with Crippen LogP contribution in [0.4, 0.5) is 0 Å². The molecule has 0 unspecified atom stereocenters. The van der Waals surface area contributed by atoms with Gasteiger partial charge in [-0.15, -0.1) is 0 Å². The van der Waals surface area contributed by atoms with Crippen molar-refractivity contribution < 1.29 is 33.3 Å². The van der Waals surface area contributed by atoms with Crippen molar-refractivity contribution in [2.75, 3.05) is 0 Å². The Hall–Kier alpha value is -3.19. The van der Waals surface area contributed by atoms with Crippen LogP contribution in [0.25, 0.3) is 0 Å². The molecular formula is C22H22O7. The van der Waals surface area contributed by atoms with Crippen LogP contribution in [-0.4, -0.2) is 42.5 Å². The van der Waals surface area contributed by atoms with Crippen LogP contribution in [0.15, 0.2) is 60.7 Å². The highest BCUT2D eigenvalue weighted by Crippen LogP contribution is 2.28. The first kappa shape index (κ1) is 20.5. The molecule has 2 aromatic carbocycles. The van der Waals surface area contributed by atoms with E-state index in [9.17, 15) is 14.4 Å². The van der Waals surface area contributed by atoms with E-state index in [4.69, 9.17) is 18.9 Å². The van der Waals surface area contributed by atoms with Gasteiger partial charge in [-0.1, -0.05) is 36.4 Å². The minimum Gasteiger partial charge on any atom is -0.454 e. The fourth-order valence-corrected chi connectivity index (χ4v) is 3.05. The minimum atomic E-state index is -1.18. The topological polar surface area (TPSA) is 88.1 Å². The van der Waals surface area contributed by atoms with Gasteiger partial charge in [0.15, 0.2) is 0 Å². The lowest BCUT2D eigenvalue weighted by molar-refractivity contribution is -0.254. The van der Waals surface area contributed by atoms with Crippen molar-refractivity contribution in [3.8, 4) is 0 Å². The summed E-state index contributed by atoms with van der Waals surface area (Å²) in [4.78, 5) is 36.6. The average molecular weight is 398 g/mol. The van der Waals surface area contributed by atoms with Gasteiger partial charge in [-0.3, -0.25) is 4.79 Å². The van der Waals surface area contributed by atoms with Crippen LogP contribution in [0.1, 0.15) is 41.0 Å². The van der Waals surface area contributed by atoms with Crippen LogP contribution < -0.4 is 0 Å². The smallest absolute Gasteiger partial charge is 0.338 e. The van der Waals surface area contributed by atoms with E-state index >= 15 is 0 Å². The number of hydrogen-bond acceptors (Lipinski definition) is 7. The quantitative estimate of drug-likeness (QED) is 0.565. The molecule has 0 amide bonds. The van der Waals surface area contributed by atoms with Gasteiger partial charge in [0.05, 0.1) is 17.2 Å². The normalized spacial score (nSPS) is 23.7. The Morgan fingerprint density at radius 2 is 1.34 bits per heavy atom. The fourth-order valence-electron chi connectivity index (χ4n) is 3.05. The number of carbonyl (C=O) groups is 3. The lowest BCUT2D eigenvalue weighted by Crippen LogP contribution is -2.53. The molecule has 1 fully saturated rings. The van der Waals surface area contributed by atoms with Crippen molar-refractivity contribution in [1.82, 2.24) is 0 Å². The first-order chi connectivity index (χ1) is 13.9. The van der Waals surface area contributed by atoms with Crippen molar-refractivity contribution in [2.24, 2.45) is 0 Å². The lowest BCUT2D eigenvalue weighted by Gasteiger charge is -2.38. The monoisotopic (exact) mass is 398 g/mol. The maximum Gasteiger partial charge on any atom is 0.338 e. The third-order valence-corrected chi connectivity index (χ3v) is 4.37. The lowest BCUT2D eigenvalue weighted by atomic mass is 10.0. The van der Waals surface area contributed by atoms with Crippen molar-refractivity contribution in [1.29, 1.82) is 0 Å². The summed E-state index contributed by atoms with van der Waals surface area (Å²) in [6, 6.07) is 16.8. The van der Waals surface area contributed by atoms with Gasteiger partial charge >= 0.3 is 17.9 Å². The van der Waals surface area contributed by atoms with E-state index in [0.717, 1.165) is 0 Å². The summed E-state index contributed by atoms with van der Waals surface area (Å²) in [5.74, 6) is -1.79. The zero-order valence-electron chi connectivity index (χ0n) is 16.1. The summed E-state index contributed by atoms with van der Waals surface area (Å²) >= 11 is 0. The zero-order chi connectivity index (χ0) is 20.8. The highest BCUT2D eigenvalue weighted by molar-refractivity contribution is 5.90. The second kappa shape index (κ2) is 9.34. The Morgan fingerprint density at radius 1 is 0.828 bits per heavy atom. The summed E-state index contributed by atoms with van der Waals surface area (Å²) in [7, 11) is 0. The molecule has 7 heteroatoms. The first-order valence-corrected chi connectivity index (χ1v) is 9.29. The van der Waals surface area contributed by atoms with E-state index in [1.54, 1.807) is 67.6 Å². The molecule has 0 spiro atoms. The molecule has 1 aliphatic rings. The van der Waals surface area contributed by atoms with E-state index < -0.39 is 36.4 Å². The second-order valence-corrected chi connectivity index (χ2v) is 6.71. The molecule has 2 aromatic rings. The van der Waals surface area contributed by atoms with Crippen molar-refractivity contribution >= 4 is 17.9 Å². The largest absolute Gasteiger partial charge is 0.454 e. The van der Waals surface area contributed by atoms with Gasteiger partial charge in [0.25, 0.3) is 0 Å². The molecule has 0 bridgehead atoms. The number of carbonyl (C=O) groups excluding carboxylic acids is 3. The minimum absolute atomic E-state index is 0.281. The molecule has 1 aliphatic heterocycles. The van der Waals surface area contributed by atoms with Crippen LogP contribution in [0.3, 0.4) is 0 Å². The molecule has 1 saturated heterocycles. The van der Waals surface area contributed by atoms with Gasteiger partial charge in [-0.05, 0) is 31.2 Å². The molecule has 4 atom stereocenters. The Labute approximate surface area is 168 Å². The predicted octanol–water partition coefficient (Wildman–Crippen LogP) is 3.14. The predicted molar refractivity (Wildman–Crippen MR) is 102 cm³/mol. The van der Waals surface area contributed by atoms with Crippen molar-refractivity contribution in [3.05, 3.63) is 71.8 Å². The summed E-state index contributed by atoms with van der Waals surface area (Å²) in [6.45, 7) is 2.98. The van der Waals surface area contributed by atoms with E-state index in [1.165, 1.54) is 6.92 Å². The van der Waals surface area contributed by atoms with Crippen LogP contribution >= 0.6 is 0 Å². The average Bonchev–Trinajstić information content (AvgIpc) is 2.71. The van der Waals surface area contributed by atoms with Gasteiger partial charge in [-0.2, -0.15) is 0 Å². The summed E-state index contributed by atoms with van der Waals surface area (Å²) in [6.07, 6.45) is -3.22. The Balaban J connectivity index is 1.82. The van der Waals surface area contributed by atoms with Crippen LogP contribution in [-0.2, 0) is 23.7 Å². The van der Waals surface area contributed by atoms with E-state index in [2.05, 4.69) is 0 Å². The molecule has 152 valence electrons. The molecule has 0 aliphatic carbocycles. The highest BCUT2D eigenvalue weighted by atomic mass is 16.7. The molecule has 29 heavy (non-hydrogen) atoms. The standard InChI is InChI=1S/C22H22O7/c1-14-13-18(28-20(24)16-9-5-3-6-10-16)19(22(26-14)27-15(2)23)29-21(25)17-11-7-4-8-12-17/h3-12,14,18-19,22H,13H2,1-2H3/t14-,18+,19-,22-/m1/s1. The Kier molecular flexibility index (Phi) is 6.61. The van der Waals surface area contributed by atoms with Crippen molar-refractivity contribution in [2.45, 2.75) is 44.9 Å². The van der Waals surface area contributed by atoms with Gasteiger partial charge in [0.1, 0.15) is 6.10 Å². The number of ether oxygens (including phenoxy) is 4. The molecular weight excluding hydrogens is 376 g/mol. The maximum atomic E-state index is 12.6. The molecule has 0 aromatic heterocycles. The SMILES string of the molecule is CC(=O)O[C@H]1O[C@H](C)C[C@H](OC(=O)c2ccccc2)[C@H]1OC(=O)c1ccccc1. The zero-order valence-corrected chi connectivity index (χ0v) is 16.1. The van der Waals surface area contributed by atoms with Gasteiger partial charge in [0, 0.05) is 13.3 Å². The second-order valence-electron chi connectivity index (χ2n) is 6.71. The number of esters is 3. The molecule has 1 heterocycles. The molecule has 0 saturated carbocycles. The number of hydrogen-bond donors (Lipinski definition) is 0. The van der Waals surface area contributed by atoms with Gasteiger partial charge in [-0.25, -0.2) is 9.59 Å². The van der Waals surface area contributed by atoms with E-state index in [1.807, 2.05) is 0 Å². The van der Waals surface area contributed by atoms with Crippen LogP contribution in [0.2, 0.25) is 0 Å². The molecule has 7 nitrogen and oxygen atoms in total. The van der Waals surface area contributed by atoms with E-state index in [-0.39, 0.29) is 12.5 Å². The van der Waals surface area contributed by atoms with Crippen LogP contribution in [0.5, 0.6) is 0 Å². The summed E-state index contributed by atoms with van der Waals surface area (Å²) < 4.78 is 22.0. The number of rotatable bonds is 5. The summed E-state index contributed by atoms with van der Waals surface area (Å²) in [5, 5.41) is 0. The third kappa shape index (κ3) is 5.42. The fraction of sp³-hybridized carbons (Fsp3) is 0.318. The van der Waals surface area contributed by atoms with Crippen molar-refractivity contribution in [3.63, 3.8) is 0 Å². The molecule has 3 rings (SSSR count). The van der Waals surface area contributed by atoms with Gasteiger partial charge in [0.2, 0.25) is 12.4 Å². The first-order valence-electron chi connectivity index (χ1n) is 9.29. The molecule has 0 radical (unpaired) electrons. The van der Waals surface area contributed by atoms with E-state index in [0.29, 0.717) is 11.1 Å². The Bertz CT molecular complexity index is 850. The van der Waals surface area contributed by atoms with Crippen LogP contribution in [0, 0.1) is 0 Å². The third-order valence-electron chi connectivity index (χ3n) is 4.37.